The Balaban J connectivity index is 2.49. The first kappa shape index (κ1) is 13.3. The summed E-state index contributed by atoms with van der Waals surface area (Å²) in [6, 6.07) is 0. The van der Waals surface area contributed by atoms with E-state index in [1.807, 2.05) is 5.48 Å². The second kappa shape index (κ2) is 5.55. The van der Waals surface area contributed by atoms with Crippen LogP contribution in [0.2, 0.25) is 0 Å². The summed E-state index contributed by atoms with van der Waals surface area (Å²) in [5.41, 5.74) is 1.82. The maximum Gasteiger partial charge on any atom is 0.413 e. The Morgan fingerprint density at radius 2 is 2.24 bits per heavy atom. The van der Waals surface area contributed by atoms with Crippen molar-refractivity contribution in [3.05, 3.63) is 23.8 Å². The van der Waals surface area contributed by atoms with Crippen molar-refractivity contribution < 1.29 is 27.9 Å². The van der Waals surface area contributed by atoms with E-state index in [2.05, 4.69) is 14.8 Å². The number of carboxylic acid groups (broad SMARTS) is 1. The number of aromatic carboxylic acids is 1. The third-order valence-electron chi connectivity index (χ3n) is 1.60. The lowest BCUT2D eigenvalue weighted by molar-refractivity contribution is -0.190. The van der Waals surface area contributed by atoms with E-state index < -0.39 is 18.8 Å². The van der Waals surface area contributed by atoms with Gasteiger partial charge in [0.2, 0.25) is 0 Å². The van der Waals surface area contributed by atoms with Crippen LogP contribution in [0.15, 0.2) is 12.5 Å². The molecule has 0 aliphatic heterocycles. The molecule has 0 atom stereocenters. The number of hydrogen-bond acceptors (Lipinski definition) is 5. The number of carboxylic acids is 1. The fourth-order valence-corrected chi connectivity index (χ4v) is 0.927. The standard InChI is InChI=1S/C8H8F3N3O3/c9-8(10,11)3-17-14-2-6-5(7(15)16)1-12-4-13-6/h1,4,14H,2-3H2,(H,15,16). The third-order valence-corrected chi connectivity index (χ3v) is 1.60. The van der Waals surface area contributed by atoms with Crippen LogP contribution < -0.4 is 5.48 Å². The van der Waals surface area contributed by atoms with Gasteiger partial charge in [-0.1, -0.05) is 0 Å². The van der Waals surface area contributed by atoms with Gasteiger partial charge in [-0.05, 0) is 0 Å². The summed E-state index contributed by atoms with van der Waals surface area (Å²) < 4.78 is 35.1. The quantitative estimate of drug-likeness (QED) is 0.593. The Bertz CT molecular complexity index is 397. The highest BCUT2D eigenvalue weighted by molar-refractivity contribution is 5.88. The molecule has 0 aliphatic rings. The van der Waals surface area contributed by atoms with Crippen molar-refractivity contribution >= 4 is 5.97 Å². The van der Waals surface area contributed by atoms with Gasteiger partial charge in [0.25, 0.3) is 0 Å². The van der Waals surface area contributed by atoms with Crippen LogP contribution in [0.25, 0.3) is 0 Å². The summed E-state index contributed by atoms with van der Waals surface area (Å²) in [5, 5.41) is 8.72. The van der Waals surface area contributed by atoms with Crippen molar-refractivity contribution in [2.24, 2.45) is 0 Å². The van der Waals surface area contributed by atoms with Gasteiger partial charge in [-0.15, -0.1) is 0 Å². The summed E-state index contributed by atoms with van der Waals surface area (Å²) in [6.45, 7) is -1.74. The van der Waals surface area contributed by atoms with E-state index in [0.717, 1.165) is 12.5 Å². The summed E-state index contributed by atoms with van der Waals surface area (Å²) in [4.78, 5) is 21.9. The first-order valence-electron chi connectivity index (χ1n) is 4.34. The van der Waals surface area contributed by atoms with Gasteiger partial charge in [0.1, 0.15) is 11.9 Å². The Labute approximate surface area is 93.4 Å². The van der Waals surface area contributed by atoms with E-state index >= 15 is 0 Å². The topological polar surface area (TPSA) is 84.3 Å². The van der Waals surface area contributed by atoms with Crippen LogP contribution in [0.3, 0.4) is 0 Å². The minimum absolute atomic E-state index is 0.0367. The molecule has 2 N–H and O–H groups in total. The zero-order chi connectivity index (χ0) is 12.9. The van der Waals surface area contributed by atoms with Gasteiger partial charge in [0.05, 0.1) is 12.2 Å². The largest absolute Gasteiger partial charge is 0.478 e. The van der Waals surface area contributed by atoms with Crippen molar-refractivity contribution in [2.45, 2.75) is 12.7 Å². The SMILES string of the molecule is O=C(O)c1cncnc1CNOCC(F)(F)F. The molecule has 0 spiro atoms. The van der Waals surface area contributed by atoms with E-state index in [-0.39, 0.29) is 17.8 Å². The molecule has 0 saturated heterocycles. The highest BCUT2D eigenvalue weighted by atomic mass is 19.4. The van der Waals surface area contributed by atoms with Crippen LogP contribution in [-0.4, -0.2) is 33.8 Å². The zero-order valence-corrected chi connectivity index (χ0v) is 8.36. The molecule has 17 heavy (non-hydrogen) atoms. The second-order valence-electron chi connectivity index (χ2n) is 2.91. The molecule has 94 valence electrons. The van der Waals surface area contributed by atoms with Gasteiger partial charge in [0, 0.05) is 6.20 Å². The number of nitrogens with zero attached hydrogens (tertiary/aromatic N) is 2. The Kier molecular flexibility index (Phi) is 4.35. The lowest BCUT2D eigenvalue weighted by atomic mass is 10.2. The van der Waals surface area contributed by atoms with E-state index in [1.165, 1.54) is 0 Å². The fourth-order valence-electron chi connectivity index (χ4n) is 0.927. The molecule has 1 heterocycles. The molecule has 0 aliphatic carbocycles. The molecule has 0 saturated carbocycles. The molecule has 0 bridgehead atoms. The third kappa shape index (κ3) is 4.74. The van der Waals surface area contributed by atoms with Crippen LogP contribution in [-0.2, 0) is 11.4 Å². The first-order valence-corrected chi connectivity index (χ1v) is 4.34. The van der Waals surface area contributed by atoms with Crippen LogP contribution in [0.5, 0.6) is 0 Å². The predicted octanol–water partition coefficient (Wildman–Crippen LogP) is 0.758. The minimum Gasteiger partial charge on any atom is -0.478 e. The van der Waals surface area contributed by atoms with Gasteiger partial charge in [-0.3, -0.25) is 4.84 Å². The van der Waals surface area contributed by atoms with Gasteiger partial charge in [0.15, 0.2) is 6.61 Å². The van der Waals surface area contributed by atoms with Crippen LogP contribution in [0.1, 0.15) is 16.1 Å². The number of nitrogens with one attached hydrogen (secondary N) is 1. The molecule has 0 radical (unpaired) electrons. The van der Waals surface area contributed by atoms with Crippen molar-refractivity contribution in [2.75, 3.05) is 6.61 Å². The normalized spacial score (nSPS) is 11.5. The van der Waals surface area contributed by atoms with Crippen LogP contribution >= 0.6 is 0 Å². The fraction of sp³-hybridized carbons (Fsp3) is 0.375. The number of hydroxylamine groups is 1. The zero-order valence-electron chi connectivity index (χ0n) is 8.36. The summed E-state index contributed by atoms with van der Waals surface area (Å²) in [5.74, 6) is -1.27. The summed E-state index contributed by atoms with van der Waals surface area (Å²) in [6.07, 6.45) is -2.31. The Morgan fingerprint density at radius 3 is 2.82 bits per heavy atom. The molecule has 0 aromatic carbocycles. The lowest BCUT2D eigenvalue weighted by Gasteiger charge is -2.08. The van der Waals surface area contributed by atoms with Gasteiger partial charge in [-0.2, -0.15) is 18.7 Å². The average molecular weight is 251 g/mol. The summed E-state index contributed by atoms with van der Waals surface area (Å²) in [7, 11) is 0. The van der Waals surface area contributed by atoms with E-state index in [1.54, 1.807) is 0 Å². The number of hydrogen-bond donors (Lipinski definition) is 2. The van der Waals surface area contributed by atoms with Crippen LogP contribution in [0, 0.1) is 0 Å². The molecule has 9 heteroatoms. The first-order chi connectivity index (χ1) is 7.90. The number of alkyl halides is 3. The molecule has 1 rings (SSSR count). The minimum atomic E-state index is -4.45. The number of halogens is 3. The molecule has 0 fully saturated rings. The summed E-state index contributed by atoms with van der Waals surface area (Å²) >= 11 is 0. The van der Waals surface area contributed by atoms with Crippen molar-refractivity contribution in [3.63, 3.8) is 0 Å². The smallest absolute Gasteiger partial charge is 0.413 e. The maximum absolute atomic E-state index is 11.7. The second-order valence-corrected chi connectivity index (χ2v) is 2.91. The molecule has 6 nitrogen and oxygen atoms in total. The molecule has 0 unspecified atom stereocenters. The van der Waals surface area contributed by atoms with E-state index in [4.69, 9.17) is 5.11 Å². The van der Waals surface area contributed by atoms with Gasteiger partial charge >= 0.3 is 12.1 Å². The van der Waals surface area contributed by atoms with Gasteiger partial charge < -0.3 is 5.11 Å². The molecule has 1 aromatic rings. The molecular weight excluding hydrogens is 243 g/mol. The lowest BCUT2D eigenvalue weighted by Crippen LogP contribution is -2.25. The Morgan fingerprint density at radius 1 is 1.53 bits per heavy atom. The number of rotatable bonds is 5. The van der Waals surface area contributed by atoms with Crippen molar-refractivity contribution in [1.82, 2.24) is 15.4 Å². The Hall–Kier alpha value is -1.74. The van der Waals surface area contributed by atoms with Crippen molar-refractivity contribution in [1.29, 1.82) is 0 Å². The van der Waals surface area contributed by atoms with Crippen LogP contribution in [0.4, 0.5) is 13.2 Å². The highest BCUT2D eigenvalue weighted by Crippen LogP contribution is 2.13. The predicted molar refractivity (Wildman–Crippen MR) is 47.8 cm³/mol. The van der Waals surface area contributed by atoms with Crippen molar-refractivity contribution in [3.8, 4) is 0 Å². The van der Waals surface area contributed by atoms with E-state index in [0.29, 0.717) is 0 Å². The monoisotopic (exact) mass is 251 g/mol. The molecule has 0 amide bonds. The van der Waals surface area contributed by atoms with Gasteiger partial charge in [-0.25, -0.2) is 14.8 Å². The molecular formula is C8H8F3N3O3. The van der Waals surface area contributed by atoms with E-state index in [9.17, 15) is 18.0 Å². The highest BCUT2D eigenvalue weighted by Gasteiger charge is 2.27. The number of carbonyl (C=O) groups is 1. The molecule has 1 aromatic heterocycles. The average Bonchev–Trinajstić information content (AvgIpc) is 2.23. The maximum atomic E-state index is 11.7. The number of aromatic nitrogens is 2.